The molecule has 0 aliphatic carbocycles. The number of pyridine rings is 1. The number of ether oxygens (including phenoxy) is 1. The number of nitrogens with one attached hydrogen (secondary N) is 2. The first-order valence-electron chi connectivity index (χ1n) is 8.20. The van der Waals surface area contributed by atoms with Gasteiger partial charge in [-0.25, -0.2) is 13.6 Å². The van der Waals surface area contributed by atoms with E-state index in [-0.39, 0.29) is 24.5 Å². The maximum Gasteiger partial charge on any atom is 0.322 e. The van der Waals surface area contributed by atoms with Gasteiger partial charge in [-0.2, -0.15) is 0 Å². The third-order valence-corrected chi connectivity index (χ3v) is 4.16. The van der Waals surface area contributed by atoms with E-state index in [0.717, 1.165) is 0 Å². The SMILES string of the molecule is COc1cnc([C@@H](C)NC(=O)CN2Cc3cc(F)ccc3NC2=O)c(F)c1. The first-order chi connectivity index (χ1) is 12.9. The Morgan fingerprint density at radius 2 is 2.19 bits per heavy atom. The molecule has 3 rings (SSSR count). The van der Waals surface area contributed by atoms with Gasteiger partial charge in [-0.1, -0.05) is 0 Å². The molecule has 142 valence electrons. The molecule has 0 saturated heterocycles. The Morgan fingerprint density at radius 1 is 1.41 bits per heavy atom. The fourth-order valence-electron chi connectivity index (χ4n) is 2.80. The summed E-state index contributed by atoms with van der Waals surface area (Å²) in [6.07, 6.45) is 1.35. The van der Waals surface area contributed by atoms with E-state index in [1.165, 1.54) is 42.5 Å². The van der Waals surface area contributed by atoms with Crippen molar-refractivity contribution >= 4 is 17.6 Å². The Bertz CT molecular complexity index is 891. The van der Waals surface area contributed by atoms with Crippen LogP contribution in [-0.4, -0.2) is 35.5 Å². The summed E-state index contributed by atoms with van der Waals surface area (Å²) in [6.45, 7) is 1.41. The van der Waals surface area contributed by atoms with Crippen molar-refractivity contribution in [1.82, 2.24) is 15.2 Å². The van der Waals surface area contributed by atoms with Gasteiger partial charge in [-0.05, 0) is 30.7 Å². The van der Waals surface area contributed by atoms with Crippen LogP contribution in [0.3, 0.4) is 0 Å². The lowest BCUT2D eigenvalue weighted by Crippen LogP contribution is -2.45. The number of aromatic nitrogens is 1. The van der Waals surface area contributed by atoms with Crippen LogP contribution in [0.1, 0.15) is 24.2 Å². The van der Waals surface area contributed by atoms with Gasteiger partial charge in [0.25, 0.3) is 0 Å². The number of fused-ring (bicyclic) bond motifs is 1. The van der Waals surface area contributed by atoms with E-state index in [4.69, 9.17) is 4.74 Å². The van der Waals surface area contributed by atoms with Crippen LogP contribution in [-0.2, 0) is 11.3 Å². The quantitative estimate of drug-likeness (QED) is 0.840. The van der Waals surface area contributed by atoms with Gasteiger partial charge in [-0.3, -0.25) is 9.78 Å². The van der Waals surface area contributed by atoms with Crippen molar-refractivity contribution < 1.29 is 23.1 Å². The smallest absolute Gasteiger partial charge is 0.322 e. The molecule has 7 nitrogen and oxygen atoms in total. The van der Waals surface area contributed by atoms with Crippen molar-refractivity contribution in [3.8, 4) is 5.75 Å². The molecule has 1 atom stereocenters. The largest absolute Gasteiger partial charge is 0.495 e. The molecule has 2 aromatic rings. The van der Waals surface area contributed by atoms with Gasteiger partial charge in [0.15, 0.2) is 5.82 Å². The molecule has 0 saturated carbocycles. The first kappa shape index (κ1) is 18.6. The van der Waals surface area contributed by atoms with Crippen LogP contribution in [0.2, 0.25) is 0 Å². The molecule has 0 bridgehead atoms. The van der Waals surface area contributed by atoms with Gasteiger partial charge in [-0.15, -0.1) is 0 Å². The van der Waals surface area contributed by atoms with Crippen molar-refractivity contribution in [2.45, 2.75) is 19.5 Å². The second-order valence-electron chi connectivity index (χ2n) is 6.12. The number of rotatable bonds is 5. The Morgan fingerprint density at radius 3 is 2.89 bits per heavy atom. The predicted octanol–water partition coefficient (Wildman–Crippen LogP) is 2.59. The molecular weight excluding hydrogens is 358 g/mol. The minimum atomic E-state index is -0.707. The summed E-state index contributed by atoms with van der Waals surface area (Å²) in [7, 11) is 1.40. The van der Waals surface area contributed by atoms with Gasteiger partial charge >= 0.3 is 6.03 Å². The molecule has 1 aliphatic rings. The standard InChI is InChI=1S/C18H18F2N4O3/c1-10(17-14(20)6-13(27-2)7-21-17)22-16(25)9-24-8-11-5-12(19)3-4-15(11)23-18(24)26/h3-7,10H,8-9H2,1-2H3,(H,22,25)(H,23,26)/t10-/m1/s1. The summed E-state index contributed by atoms with van der Waals surface area (Å²) in [6, 6.07) is 4.03. The van der Waals surface area contributed by atoms with Crippen molar-refractivity contribution in [3.63, 3.8) is 0 Å². The first-order valence-corrected chi connectivity index (χ1v) is 8.20. The number of hydrogen-bond donors (Lipinski definition) is 2. The lowest BCUT2D eigenvalue weighted by molar-refractivity contribution is -0.122. The minimum Gasteiger partial charge on any atom is -0.495 e. The number of amides is 3. The molecule has 2 heterocycles. The molecule has 0 unspecified atom stereocenters. The van der Waals surface area contributed by atoms with Crippen LogP contribution in [0.25, 0.3) is 0 Å². The van der Waals surface area contributed by atoms with E-state index in [2.05, 4.69) is 15.6 Å². The summed E-state index contributed by atoms with van der Waals surface area (Å²) in [4.78, 5) is 29.6. The molecule has 1 aromatic carbocycles. The molecule has 3 amide bonds. The maximum absolute atomic E-state index is 14.1. The van der Waals surface area contributed by atoms with Crippen molar-refractivity contribution in [2.75, 3.05) is 19.0 Å². The Balaban J connectivity index is 1.64. The van der Waals surface area contributed by atoms with Crippen LogP contribution < -0.4 is 15.4 Å². The van der Waals surface area contributed by atoms with E-state index in [0.29, 0.717) is 11.3 Å². The highest BCUT2D eigenvalue weighted by atomic mass is 19.1. The summed E-state index contributed by atoms with van der Waals surface area (Å²) in [5, 5.41) is 5.20. The molecule has 0 spiro atoms. The normalized spacial score (nSPS) is 14.2. The highest BCUT2D eigenvalue weighted by molar-refractivity contribution is 5.94. The van der Waals surface area contributed by atoms with E-state index >= 15 is 0 Å². The second-order valence-corrected chi connectivity index (χ2v) is 6.12. The number of urea groups is 1. The number of benzene rings is 1. The van der Waals surface area contributed by atoms with Crippen molar-refractivity contribution in [3.05, 3.63) is 53.4 Å². The molecule has 0 radical (unpaired) electrons. The Hall–Kier alpha value is -3.23. The number of anilines is 1. The molecule has 1 aliphatic heterocycles. The number of carbonyl (C=O) groups is 2. The number of nitrogens with zero attached hydrogens (tertiary/aromatic N) is 2. The van der Waals surface area contributed by atoms with E-state index in [9.17, 15) is 18.4 Å². The molecular formula is C18H18F2N4O3. The molecule has 9 heteroatoms. The third kappa shape index (κ3) is 4.13. The van der Waals surface area contributed by atoms with E-state index < -0.39 is 29.6 Å². The molecule has 0 fully saturated rings. The Labute approximate surface area is 154 Å². The average Bonchev–Trinajstić information content (AvgIpc) is 2.62. The lowest BCUT2D eigenvalue weighted by atomic mass is 10.1. The number of carbonyl (C=O) groups excluding carboxylic acids is 2. The van der Waals surface area contributed by atoms with Gasteiger partial charge in [0.05, 0.1) is 31.6 Å². The zero-order chi connectivity index (χ0) is 19.6. The van der Waals surface area contributed by atoms with Gasteiger partial charge in [0, 0.05) is 11.8 Å². The van der Waals surface area contributed by atoms with Crippen molar-refractivity contribution in [1.29, 1.82) is 0 Å². The summed E-state index contributed by atoms with van der Waals surface area (Å²) >= 11 is 0. The van der Waals surface area contributed by atoms with Gasteiger partial charge < -0.3 is 20.3 Å². The molecule has 27 heavy (non-hydrogen) atoms. The fraction of sp³-hybridized carbons (Fsp3) is 0.278. The molecule has 2 N–H and O–H groups in total. The molecule has 1 aromatic heterocycles. The number of methoxy groups -OCH3 is 1. The topological polar surface area (TPSA) is 83.6 Å². The van der Waals surface area contributed by atoms with E-state index in [1.807, 2.05) is 0 Å². The number of hydrogen-bond acceptors (Lipinski definition) is 4. The van der Waals surface area contributed by atoms with Crippen LogP contribution in [0.5, 0.6) is 5.75 Å². The van der Waals surface area contributed by atoms with Crippen LogP contribution in [0, 0.1) is 11.6 Å². The second kappa shape index (κ2) is 7.56. The monoisotopic (exact) mass is 376 g/mol. The van der Waals surface area contributed by atoms with Gasteiger partial charge in [0.1, 0.15) is 18.1 Å². The van der Waals surface area contributed by atoms with Crippen LogP contribution >= 0.6 is 0 Å². The third-order valence-electron chi connectivity index (χ3n) is 4.16. The maximum atomic E-state index is 14.1. The summed E-state index contributed by atoms with van der Waals surface area (Å²) in [5.41, 5.74) is 1.13. The average molecular weight is 376 g/mol. The zero-order valence-corrected chi connectivity index (χ0v) is 14.8. The highest BCUT2D eigenvalue weighted by Gasteiger charge is 2.25. The van der Waals surface area contributed by atoms with Crippen LogP contribution in [0.15, 0.2) is 30.5 Å². The van der Waals surface area contributed by atoms with Crippen LogP contribution in [0.4, 0.5) is 19.3 Å². The predicted molar refractivity (Wildman–Crippen MR) is 93.1 cm³/mol. The minimum absolute atomic E-state index is 0.0552. The van der Waals surface area contributed by atoms with E-state index in [1.54, 1.807) is 6.92 Å². The zero-order valence-electron chi connectivity index (χ0n) is 14.8. The highest BCUT2D eigenvalue weighted by Crippen LogP contribution is 2.24. The Kier molecular flexibility index (Phi) is 5.20. The fourth-order valence-corrected chi connectivity index (χ4v) is 2.80. The lowest BCUT2D eigenvalue weighted by Gasteiger charge is -2.29. The number of halogens is 2. The van der Waals surface area contributed by atoms with Gasteiger partial charge in [0.2, 0.25) is 5.91 Å². The van der Waals surface area contributed by atoms with Crippen molar-refractivity contribution in [2.24, 2.45) is 0 Å². The summed E-state index contributed by atoms with van der Waals surface area (Å²) in [5.74, 6) is -1.26. The summed E-state index contributed by atoms with van der Waals surface area (Å²) < 4.78 is 32.3.